The first-order chi connectivity index (χ1) is 24.2. The Labute approximate surface area is 287 Å². The van der Waals surface area contributed by atoms with Crippen LogP contribution in [0.15, 0.2) is 77.6 Å². The van der Waals surface area contributed by atoms with Crippen LogP contribution < -0.4 is 31.0 Å². The van der Waals surface area contributed by atoms with Crippen molar-refractivity contribution >= 4 is 23.6 Å². The maximum Gasteiger partial charge on any atom is 0.271 e. The van der Waals surface area contributed by atoms with Gasteiger partial charge in [0.05, 0.1) is 12.8 Å². The van der Waals surface area contributed by atoms with Crippen molar-refractivity contribution in [3.05, 3.63) is 106 Å². The number of benzene rings is 3. The van der Waals surface area contributed by atoms with Crippen molar-refractivity contribution in [2.75, 3.05) is 26.7 Å². The van der Waals surface area contributed by atoms with E-state index in [2.05, 4.69) is 21.0 Å². The lowest BCUT2D eigenvalue weighted by atomic mass is 10.1. The van der Waals surface area contributed by atoms with Crippen LogP contribution in [0.3, 0.4) is 0 Å². The Morgan fingerprint density at radius 1 is 0.940 bits per heavy atom. The van der Waals surface area contributed by atoms with Crippen LogP contribution in [0.2, 0.25) is 0 Å². The molecule has 3 heterocycles. The summed E-state index contributed by atoms with van der Waals surface area (Å²) in [6.07, 6.45) is 0.967. The Bertz CT molecular complexity index is 1910. The Morgan fingerprint density at radius 2 is 1.72 bits per heavy atom. The number of hydrogen-bond acceptors (Lipinski definition) is 7. The number of ether oxygens (including phenoxy) is 2. The molecule has 14 heteroatoms. The van der Waals surface area contributed by atoms with Crippen LogP contribution >= 0.6 is 0 Å². The number of fused-ring (bicyclic) bond motifs is 16. The number of amides is 4. The van der Waals surface area contributed by atoms with E-state index in [1.54, 1.807) is 43.3 Å². The lowest BCUT2D eigenvalue weighted by Crippen LogP contribution is -2.46. The zero-order chi connectivity index (χ0) is 35.6. The smallest absolute Gasteiger partial charge is 0.271 e. The molecular formula is C36H39FN6O7. The van der Waals surface area contributed by atoms with Crippen LogP contribution in [0.25, 0.3) is 5.69 Å². The molecule has 4 aromatic rings. The number of para-hydroxylation sites is 1. The van der Waals surface area contributed by atoms with E-state index in [0.717, 1.165) is 0 Å². The van der Waals surface area contributed by atoms with Gasteiger partial charge in [-0.25, -0.2) is 9.07 Å². The lowest BCUT2D eigenvalue weighted by Gasteiger charge is -2.23. The van der Waals surface area contributed by atoms with Gasteiger partial charge >= 0.3 is 0 Å². The third-order valence-electron chi connectivity index (χ3n) is 8.14. The Balaban J connectivity index is 1.37. The van der Waals surface area contributed by atoms with Gasteiger partial charge in [-0.15, -0.1) is 0 Å². The quantitative estimate of drug-likeness (QED) is 0.255. The number of methoxy groups -OCH3 is 1. The summed E-state index contributed by atoms with van der Waals surface area (Å²) in [5, 5.41) is 11.2. The van der Waals surface area contributed by atoms with E-state index in [0.29, 0.717) is 24.1 Å². The molecule has 0 unspecified atom stereocenters. The van der Waals surface area contributed by atoms with Crippen LogP contribution in [0.5, 0.6) is 17.2 Å². The number of carbonyl (C=O) groups is 4. The summed E-state index contributed by atoms with van der Waals surface area (Å²) in [4.78, 5) is 66.8. The maximum absolute atomic E-state index is 15.1. The molecule has 0 fully saturated rings. The van der Waals surface area contributed by atoms with Gasteiger partial charge in [-0.3, -0.25) is 29.1 Å². The number of rotatable bonds is 4. The van der Waals surface area contributed by atoms with Crippen LogP contribution in [0.4, 0.5) is 4.39 Å². The van der Waals surface area contributed by atoms with Gasteiger partial charge in [-0.1, -0.05) is 31.2 Å². The van der Waals surface area contributed by atoms with Crippen molar-refractivity contribution in [2.45, 2.75) is 45.2 Å². The van der Waals surface area contributed by atoms with Crippen LogP contribution in [-0.2, 0) is 16.1 Å². The first-order valence-electron chi connectivity index (χ1n) is 16.3. The van der Waals surface area contributed by atoms with Crippen LogP contribution in [0, 0.1) is 5.82 Å². The number of nitrogens with one attached hydrogen (secondary N) is 4. The molecule has 13 nitrogen and oxygen atoms in total. The monoisotopic (exact) mass is 686 g/mol. The molecule has 4 bridgehead atoms. The second-order valence-corrected chi connectivity index (χ2v) is 11.7. The number of aromatic amines is 1. The summed E-state index contributed by atoms with van der Waals surface area (Å²) in [6, 6.07) is 18.0. The average molecular weight is 687 g/mol. The zero-order valence-electron chi connectivity index (χ0n) is 27.8. The second kappa shape index (κ2) is 16.5. The van der Waals surface area contributed by atoms with Gasteiger partial charge in [0.2, 0.25) is 11.8 Å². The highest BCUT2D eigenvalue weighted by Crippen LogP contribution is 2.34. The molecule has 0 spiro atoms. The molecule has 2 aliphatic rings. The molecular weight excluding hydrogens is 647 g/mol. The number of nitrogens with zero attached hydrogens (tertiary/aromatic N) is 2. The molecule has 6 rings (SSSR count). The summed E-state index contributed by atoms with van der Waals surface area (Å²) < 4.78 is 27.5. The molecule has 4 amide bonds. The van der Waals surface area contributed by atoms with E-state index < -0.39 is 35.1 Å². The molecule has 4 N–H and O–H groups in total. The zero-order valence-corrected chi connectivity index (χ0v) is 27.8. The van der Waals surface area contributed by atoms with Crippen molar-refractivity contribution in [1.82, 2.24) is 30.6 Å². The molecule has 1 atom stereocenters. The molecule has 262 valence electrons. The largest absolute Gasteiger partial charge is 0.493 e. The Morgan fingerprint density at radius 3 is 2.46 bits per heavy atom. The van der Waals surface area contributed by atoms with E-state index in [1.165, 1.54) is 47.0 Å². The fraction of sp³-hybridized carbons (Fsp3) is 0.306. The van der Waals surface area contributed by atoms with Crippen molar-refractivity contribution in [2.24, 2.45) is 0 Å². The highest BCUT2D eigenvalue weighted by Gasteiger charge is 2.22. The topological polar surface area (TPSA) is 164 Å². The van der Waals surface area contributed by atoms with Crippen molar-refractivity contribution in [1.29, 1.82) is 0 Å². The van der Waals surface area contributed by atoms with E-state index in [1.807, 2.05) is 6.07 Å². The first-order valence-corrected chi connectivity index (χ1v) is 16.3. The standard InChI is InChI=1S/C36H39FN6O7/c1-3-27-35(47)39-22-23-12-14-29(26(37)19-23)50-31-20-24(13-15-30(31)49-2)34(46)38-16-8-18-42(17-7-11-32(44)40-27)36(48)28-21-33(45)43(41-28)25-9-5-4-6-10-25/h4-6,9-10,12-15,19-21,27,41H,3,7-8,11,16-18,22H2,1-2H3,(H,38,46)(H,39,47)(H,40,44)/t27-/m0/s1. The van der Waals surface area contributed by atoms with Crippen LogP contribution in [0.1, 0.15) is 59.0 Å². The Kier molecular flexibility index (Phi) is 11.6. The normalized spacial score (nSPS) is 16.5. The fourth-order valence-corrected chi connectivity index (χ4v) is 5.45. The third kappa shape index (κ3) is 8.75. The molecule has 3 aromatic carbocycles. The fourth-order valence-electron chi connectivity index (χ4n) is 5.45. The van der Waals surface area contributed by atoms with Crippen molar-refractivity contribution < 1.29 is 33.0 Å². The van der Waals surface area contributed by atoms with Crippen LogP contribution in [-0.4, -0.2) is 71.1 Å². The summed E-state index contributed by atoms with van der Waals surface area (Å²) in [7, 11) is 1.42. The van der Waals surface area contributed by atoms with Gasteiger partial charge in [0.15, 0.2) is 23.1 Å². The average Bonchev–Trinajstić information content (AvgIpc) is 3.52. The summed E-state index contributed by atoms with van der Waals surface area (Å²) in [6.45, 7) is 2.32. The first kappa shape index (κ1) is 35.4. The van der Waals surface area contributed by atoms with E-state index in [-0.39, 0.29) is 73.4 Å². The minimum Gasteiger partial charge on any atom is -0.493 e. The molecule has 50 heavy (non-hydrogen) atoms. The lowest BCUT2D eigenvalue weighted by molar-refractivity contribution is -0.129. The van der Waals surface area contributed by atoms with Gasteiger partial charge in [-0.05, 0) is 67.3 Å². The van der Waals surface area contributed by atoms with Gasteiger partial charge in [0.1, 0.15) is 11.7 Å². The predicted molar refractivity (Wildman–Crippen MR) is 182 cm³/mol. The minimum atomic E-state index is -0.819. The maximum atomic E-state index is 15.1. The number of hydrogen-bond donors (Lipinski definition) is 4. The van der Waals surface area contributed by atoms with E-state index in [9.17, 15) is 24.0 Å². The summed E-state index contributed by atoms with van der Waals surface area (Å²) in [5.74, 6) is -2.08. The SMILES string of the molecule is CC[C@@H]1NC(=O)CCCN(C(=O)c2cc(=O)n(-c3ccccc3)[nH]2)CCCNC(=O)c2ccc(OC)c(c2)Oc2ccc(cc2F)CNC1=O. The Hall–Kier alpha value is -5.92. The van der Waals surface area contributed by atoms with Crippen molar-refractivity contribution in [3.8, 4) is 22.9 Å². The number of carbonyl (C=O) groups excluding carboxylic acids is 4. The van der Waals surface area contributed by atoms with Gasteiger partial charge in [-0.2, -0.15) is 0 Å². The number of halogens is 1. The number of aromatic nitrogens is 2. The van der Waals surface area contributed by atoms with Gasteiger partial charge < -0.3 is 30.3 Å². The van der Waals surface area contributed by atoms with Crippen molar-refractivity contribution in [3.63, 3.8) is 0 Å². The highest BCUT2D eigenvalue weighted by molar-refractivity contribution is 5.95. The molecule has 0 radical (unpaired) electrons. The second-order valence-electron chi connectivity index (χ2n) is 11.7. The highest BCUT2D eigenvalue weighted by atomic mass is 19.1. The van der Waals surface area contributed by atoms with E-state index in [4.69, 9.17) is 9.47 Å². The summed E-state index contributed by atoms with van der Waals surface area (Å²) in [5.41, 5.74) is 0.931. The molecule has 0 saturated heterocycles. The molecule has 2 aliphatic heterocycles. The molecule has 0 aliphatic carbocycles. The number of H-pyrrole nitrogens is 1. The van der Waals surface area contributed by atoms with Gasteiger partial charge in [0, 0.05) is 44.2 Å². The minimum absolute atomic E-state index is 0.00649. The molecule has 0 saturated carbocycles. The van der Waals surface area contributed by atoms with E-state index >= 15 is 4.39 Å². The molecule has 1 aromatic heterocycles. The van der Waals surface area contributed by atoms with Gasteiger partial charge in [0.25, 0.3) is 17.4 Å². The summed E-state index contributed by atoms with van der Waals surface area (Å²) >= 11 is 0. The predicted octanol–water partition coefficient (Wildman–Crippen LogP) is 3.67. The third-order valence-corrected chi connectivity index (χ3v) is 8.14.